The molecule has 0 atom stereocenters. The van der Waals surface area contributed by atoms with Crippen molar-refractivity contribution in [3.63, 3.8) is 0 Å². The maximum absolute atomic E-state index is 6.18. The fraction of sp³-hybridized carbons (Fsp3) is 0.286. The Balaban J connectivity index is 2.62. The first-order valence-corrected chi connectivity index (χ1v) is 5.71. The van der Waals surface area contributed by atoms with Gasteiger partial charge in [0.25, 0.3) is 0 Å². The van der Waals surface area contributed by atoms with Crippen LogP contribution in [0.5, 0.6) is 5.75 Å². The highest BCUT2D eigenvalue weighted by molar-refractivity contribution is 6.33. The van der Waals surface area contributed by atoms with E-state index >= 15 is 0 Å². The van der Waals surface area contributed by atoms with Crippen LogP contribution in [0.1, 0.15) is 20.8 Å². The second-order valence-electron chi connectivity index (χ2n) is 4.81. The van der Waals surface area contributed by atoms with Crippen LogP contribution >= 0.6 is 11.6 Å². The number of benzene rings is 2. The van der Waals surface area contributed by atoms with Crippen LogP contribution in [-0.2, 0) is 0 Å². The van der Waals surface area contributed by atoms with Crippen molar-refractivity contribution >= 4 is 22.4 Å². The Morgan fingerprint density at radius 1 is 1.00 bits per heavy atom. The Bertz CT molecular complexity index is 512. The maximum atomic E-state index is 6.18. The van der Waals surface area contributed by atoms with Gasteiger partial charge in [0.15, 0.2) is 0 Å². The van der Waals surface area contributed by atoms with E-state index in [1.807, 2.05) is 51.1 Å². The van der Waals surface area contributed by atoms with Crippen molar-refractivity contribution in [2.45, 2.75) is 26.4 Å². The molecule has 0 amide bonds. The summed E-state index contributed by atoms with van der Waals surface area (Å²) in [4.78, 5) is 0. The van der Waals surface area contributed by atoms with E-state index < -0.39 is 0 Å². The molecule has 2 rings (SSSR count). The van der Waals surface area contributed by atoms with E-state index in [1.54, 1.807) is 0 Å². The van der Waals surface area contributed by atoms with Crippen molar-refractivity contribution in [1.82, 2.24) is 0 Å². The molecule has 84 valence electrons. The Labute approximate surface area is 101 Å². The quantitative estimate of drug-likeness (QED) is 0.697. The number of halogens is 1. The maximum Gasteiger partial charge on any atom is 0.146 e. The topological polar surface area (TPSA) is 9.23 Å². The smallest absolute Gasteiger partial charge is 0.146 e. The van der Waals surface area contributed by atoms with Gasteiger partial charge in [-0.1, -0.05) is 41.9 Å². The third-order valence-corrected chi connectivity index (χ3v) is 2.54. The van der Waals surface area contributed by atoms with Crippen molar-refractivity contribution in [3.8, 4) is 5.75 Å². The van der Waals surface area contributed by atoms with Gasteiger partial charge in [0, 0.05) is 5.39 Å². The molecule has 16 heavy (non-hydrogen) atoms. The van der Waals surface area contributed by atoms with Gasteiger partial charge in [0.05, 0.1) is 5.02 Å². The first-order valence-electron chi connectivity index (χ1n) is 5.34. The zero-order valence-corrected chi connectivity index (χ0v) is 10.5. The number of hydrogen-bond donors (Lipinski definition) is 0. The molecule has 2 aromatic rings. The summed E-state index contributed by atoms with van der Waals surface area (Å²) in [6.45, 7) is 6.06. The van der Waals surface area contributed by atoms with Gasteiger partial charge >= 0.3 is 0 Å². The van der Waals surface area contributed by atoms with Crippen LogP contribution in [0.25, 0.3) is 10.8 Å². The minimum atomic E-state index is -0.242. The summed E-state index contributed by atoms with van der Waals surface area (Å²) in [5.41, 5.74) is -0.242. The number of hydrogen-bond acceptors (Lipinski definition) is 1. The monoisotopic (exact) mass is 234 g/mol. The summed E-state index contributed by atoms with van der Waals surface area (Å²) >= 11 is 6.18. The van der Waals surface area contributed by atoms with Crippen LogP contribution in [0.15, 0.2) is 36.4 Å². The molecule has 0 aromatic heterocycles. The van der Waals surface area contributed by atoms with Gasteiger partial charge in [-0.2, -0.15) is 0 Å². The second kappa shape index (κ2) is 3.99. The number of rotatable bonds is 1. The molecule has 0 unspecified atom stereocenters. The number of fused-ring (bicyclic) bond motifs is 1. The molecule has 0 radical (unpaired) electrons. The highest BCUT2D eigenvalue weighted by Crippen LogP contribution is 2.35. The summed E-state index contributed by atoms with van der Waals surface area (Å²) in [5.74, 6) is 0.771. The van der Waals surface area contributed by atoms with Gasteiger partial charge in [0.2, 0.25) is 0 Å². The Hall–Kier alpha value is -1.21. The summed E-state index contributed by atoms with van der Waals surface area (Å²) in [5, 5.41) is 2.87. The van der Waals surface area contributed by atoms with Gasteiger partial charge in [0.1, 0.15) is 11.4 Å². The first kappa shape index (κ1) is 11.3. The lowest BCUT2D eigenvalue weighted by Crippen LogP contribution is -2.23. The first-order chi connectivity index (χ1) is 7.47. The molecule has 0 bridgehead atoms. The fourth-order valence-electron chi connectivity index (χ4n) is 1.63. The minimum Gasteiger partial charge on any atom is -0.486 e. The molecule has 2 heteroatoms. The highest BCUT2D eigenvalue weighted by Gasteiger charge is 2.16. The summed E-state index contributed by atoms with van der Waals surface area (Å²) in [6.07, 6.45) is 0. The van der Waals surface area contributed by atoms with Gasteiger partial charge in [-0.25, -0.2) is 0 Å². The number of ether oxygens (including phenoxy) is 1. The molecule has 0 fully saturated rings. The molecule has 0 spiro atoms. The van der Waals surface area contributed by atoms with E-state index in [2.05, 4.69) is 6.07 Å². The average Bonchev–Trinajstić information content (AvgIpc) is 2.21. The van der Waals surface area contributed by atoms with Crippen LogP contribution in [0.2, 0.25) is 5.02 Å². The SMILES string of the molecule is CC(C)(C)Oc1c(Cl)ccc2ccccc12. The van der Waals surface area contributed by atoms with Crippen LogP contribution in [0, 0.1) is 0 Å². The van der Waals surface area contributed by atoms with E-state index in [9.17, 15) is 0 Å². The van der Waals surface area contributed by atoms with Gasteiger partial charge < -0.3 is 4.74 Å². The van der Waals surface area contributed by atoms with Gasteiger partial charge in [-0.05, 0) is 32.2 Å². The highest BCUT2D eigenvalue weighted by atomic mass is 35.5. The van der Waals surface area contributed by atoms with Crippen molar-refractivity contribution in [1.29, 1.82) is 0 Å². The summed E-state index contributed by atoms with van der Waals surface area (Å²) in [7, 11) is 0. The normalized spacial score (nSPS) is 11.8. The second-order valence-corrected chi connectivity index (χ2v) is 5.22. The Morgan fingerprint density at radius 3 is 2.38 bits per heavy atom. The van der Waals surface area contributed by atoms with E-state index in [1.165, 1.54) is 0 Å². The fourth-order valence-corrected chi connectivity index (χ4v) is 1.83. The lowest BCUT2D eigenvalue weighted by atomic mass is 10.1. The van der Waals surface area contributed by atoms with Crippen molar-refractivity contribution in [3.05, 3.63) is 41.4 Å². The van der Waals surface area contributed by atoms with Crippen LogP contribution in [0.4, 0.5) is 0 Å². The third kappa shape index (κ3) is 2.30. The molecular formula is C14H15ClO. The van der Waals surface area contributed by atoms with E-state index in [4.69, 9.17) is 16.3 Å². The lowest BCUT2D eigenvalue weighted by molar-refractivity contribution is 0.133. The van der Waals surface area contributed by atoms with Crippen molar-refractivity contribution in [2.75, 3.05) is 0 Å². The van der Waals surface area contributed by atoms with Crippen molar-refractivity contribution < 1.29 is 4.74 Å². The predicted octanol–water partition coefficient (Wildman–Crippen LogP) is 4.67. The molecule has 0 heterocycles. The Kier molecular flexibility index (Phi) is 2.81. The predicted molar refractivity (Wildman–Crippen MR) is 69.3 cm³/mol. The molecular weight excluding hydrogens is 220 g/mol. The molecule has 1 nitrogen and oxygen atoms in total. The molecule has 0 saturated carbocycles. The molecule has 2 aromatic carbocycles. The van der Waals surface area contributed by atoms with E-state index in [0.29, 0.717) is 5.02 Å². The lowest BCUT2D eigenvalue weighted by Gasteiger charge is -2.23. The van der Waals surface area contributed by atoms with Gasteiger partial charge in [-0.15, -0.1) is 0 Å². The molecule has 0 aliphatic carbocycles. The molecule has 0 aliphatic rings. The van der Waals surface area contributed by atoms with E-state index in [-0.39, 0.29) is 5.60 Å². The van der Waals surface area contributed by atoms with Crippen LogP contribution in [0.3, 0.4) is 0 Å². The van der Waals surface area contributed by atoms with Gasteiger partial charge in [-0.3, -0.25) is 0 Å². The van der Waals surface area contributed by atoms with E-state index in [0.717, 1.165) is 16.5 Å². The zero-order valence-electron chi connectivity index (χ0n) is 9.75. The minimum absolute atomic E-state index is 0.242. The largest absolute Gasteiger partial charge is 0.486 e. The molecule has 0 saturated heterocycles. The van der Waals surface area contributed by atoms with Crippen LogP contribution in [-0.4, -0.2) is 5.60 Å². The third-order valence-electron chi connectivity index (χ3n) is 2.24. The van der Waals surface area contributed by atoms with Crippen LogP contribution < -0.4 is 4.74 Å². The van der Waals surface area contributed by atoms with Crippen molar-refractivity contribution in [2.24, 2.45) is 0 Å². The summed E-state index contributed by atoms with van der Waals surface area (Å²) in [6, 6.07) is 12.0. The summed E-state index contributed by atoms with van der Waals surface area (Å²) < 4.78 is 5.91. The average molecular weight is 235 g/mol. The molecule has 0 aliphatic heterocycles. The Morgan fingerprint density at radius 2 is 1.69 bits per heavy atom. The standard InChI is InChI=1S/C14H15ClO/c1-14(2,3)16-13-11-7-5-4-6-10(11)8-9-12(13)15/h4-9H,1-3H3. The molecule has 0 N–H and O–H groups in total. The zero-order chi connectivity index (χ0) is 11.8.